The topological polar surface area (TPSA) is 64.7 Å². The van der Waals surface area contributed by atoms with Gasteiger partial charge in [-0.3, -0.25) is 0 Å². The summed E-state index contributed by atoms with van der Waals surface area (Å²) in [6, 6.07) is 16.6. The van der Waals surface area contributed by atoms with Crippen LogP contribution in [-0.2, 0) is 4.84 Å². The van der Waals surface area contributed by atoms with Crippen molar-refractivity contribution in [3.8, 4) is 0 Å². The number of thiophene rings is 1. The molecule has 0 unspecified atom stereocenters. The molecule has 22 heavy (non-hydrogen) atoms. The van der Waals surface area contributed by atoms with Crippen LogP contribution in [0.2, 0.25) is 5.02 Å². The summed E-state index contributed by atoms with van der Waals surface area (Å²) in [4.78, 5) is 17.3. The van der Waals surface area contributed by atoms with E-state index in [0.717, 1.165) is 10.1 Å². The molecule has 0 fully saturated rings. The molecule has 0 saturated carbocycles. The molecule has 3 rings (SSSR count). The third-order valence-corrected chi connectivity index (χ3v) is 4.67. The summed E-state index contributed by atoms with van der Waals surface area (Å²) in [5, 5.41) is 4.87. The van der Waals surface area contributed by atoms with Gasteiger partial charge in [0.15, 0.2) is 5.84 Å². The standard InChI is InChI=1S/C16H11ClN2O2S/c17-13-11-8-4-5-9-12(11)22-14(13)16(20)21-19-15(18)10-6-2-1-3-7-10/h1-9H,(H2,18,19). The molecule has 1 aromatic heterocycles. The minimum absolute atomic E-state index is 0.131. The Morgan fingerprint density at radius 1 is 1.09 bits per heavy atom. The molecule has 4 nitrogen and oxygen atoms in total. The van der Waals surface area contributed by atoms with Gasteiger partial charge in [0.05, 0.1) is 5.02 Å². The highest BCUT2D eigenvalue weighted by atomic mass is 35.5. The number of nitrogens with zero attached hydrogens (tertiary/aromatic N) is 1. The first-order chi connectivity index (χ1) is 10.7. The van der Waals surface area contributed by atoms with Gasteiger partial charge in [0, 0.05) is 15.6 Å². The van der Waals surface area contributed by atoms with E-state index in [2.05, 4.69) is 5.16 Å². The highest BCUT2D eigenvalue weighted by Gasteiger charge is 2.18. The molecule has 110 valence electrons. The smallest absolute Gasteiger partial charge is 0.377 e. The van der Waals surface area contributed by atoms with E-state index >= 15 is 0 Å². The molecule has 0 aliphatic rings. The third kappa shape index (κ3) is 2.81. The molecule has 0 amide bonds. The summed E-state index contributed by atoms with van der Waals surface area (Å²) in [7, 11) is 0. The zero-order valence-electron chi connectivity index (χ0n) is 11.3. The van der Waals surface area contributed by atoms with Crippen molar-refractivity contribution < 1.29 is 9.63 Å². The quantitative estimate of drug-likeness (QED) is 0.341. The maximum absolute atomic E-state index is 12.1. The molecule has 0 aliphatic heterocycles. The number of amidine groups is 1. The van der Waals surface area contributed by atoms with Gasteiger partial charge in [0.1, 0.15) is 4.88 Å². The Labute approximate surface area is 135 Å². The summed E-state index contributed by atoms with van der Waals surface area (Å²) >= 11 is 7.48. The van der Waals surface area contributed by atoms with Gasteiger partial charge >= 0.3 is 5.97 Å². The molecule has 0 radical (unpaired) electrons. The molecule has 0 bridgehead atoms. The monoisotopic (exact) mass is 330 g/mol. The van der Waals surface area contributed by atoms with E-state index in [1.807, 2.05) is 42.5 Å². The second-order valence-electron chi connectivity index (χ2n) is 4.46. The van der Waals surface area contributed by atoms with Gasteiger partial charge in [0.25, 0.3) is 0 Å². The summed E-state index contributed by atoms with van der Waals surface area (Å²) in [5.74, 6) is -0.490. The Hall–Kier alpha value is -2.37. The van der Waals surface area contributed by atoms with Crippen LogP contribution >= 0.6 is 22.9 Å². The second-order valence-corrected chi connectivity index (χ2v) is 5.89. The van der Waals surface area contributed by atoms with Crippen molar-refractivity contribution in [2.45, 2.75) is 0 Å². The molecule has 3 aromatic rings. The van der Waals surface area contributed by atoms with Crippen molar-refractivity contribution in [3.05, 3.63) is 70.1 Å². The van der Waals surface area contributed by atoms with Gasteiger partial charge in [-0.1, -0.05) is 65.3 Å². The molecular formula is C16H11ClN2O2S. The molecule has 6 heteroatoms. The maximum Gasteiger partial charge on any atom is 0.377 e. The zero-order chi connectivity index (χ0) is 15.5. The van der Waals surface area contributed by atoms with Crippen LogP contribution in [-0.4, -0.2) is 11.8 Å². The molecule has 2 N–H and O–H groups in total. The largest absolute Gasteiger partial charge is 0.380 e. The average molecular weight is 331 g/mol. The first-order valence-corrected chi connectivity index (χ1v) is 7.63. The predicted octanol–water partition coefficient (Wildman–Crippen LogP) is 4.03. The van der Waals surface area contributed by atoms with E-state index in [1.54, 1.807) is 12.1 Å². The fourth-order valence-electron chi connectivity index (χ4n) is 1.94. The van der Waals surface area contributed by atoms with Gasteiger partial charge in [-0.2, -0.15) is 0 Å². The Balaban J connectivity index is 1.83. The number of rotatable bonds is 3. The molecular weight excluding hydrogens is 320 g/mol. The molecule has 0 saturated heterocycles. The van der Waals surface area contributed by atoms with Crippen LogP contribution < -0.4 is 5.73 Å². The molecule has 1 heterocycles. The van der Waals surface area contributed by atoms with Gasteiger partial charge in [-0.05, 0) is 6.07 Å². The second kappa shape index (κ2) is 6.17. The van der Waals surface area contributed by atoms with Crippen LogP contribution in [0.4, 0.5) is 0 Å². The Bertz CT molecular complexity index is 859. The maximum atomic E-state index is 12.1. The number of halogens is 1. The number of fused-ring (bicyclic) bond motifs is 1. The Morgan fingerprint density at radius 2 is 1.77 bits per heavy atom. The van der Waals surface area contributed by atoms with Crippen LogP contribution in [0.15, 0.2) is 59.8 Å². The number of nitrogens with two attached hydrogens (primary N) is 1. The van der Waals surface area contributed by atoms with Crippen LogP contribution in [0.1, 0.15) is 15.2 Å². The number of hydrogen-bond donors (Lipinski definition) is 1. The van der Waals surface area contributed by atoms with Gasteiger partial charge in [-0.25, -0.2) is 4.79 Å². The zero-order valence-corrected chi connectivity index (χ0v) is 12.9. The minimum Gasteiger partial charge on any atom is -0.380 e. The first kappa shape index (κ1) is 14.6. The van der Waals surface area contributed by atoms with Crippen LogP contribution in [0, 0.1) is 0 Å². The van der Waals surface area contributed by atoms with Crippen molar-refractivity contribution >= 4 is 44.8 Å². The summed E-state index contributed by atoms with van der Waals surface area (Å²) in [5.41, 5.74) is 6.46. The molecule has 0 spiro atoms. The van der Waals surface area contributed by atoms with Crippen LogP contribution in [0.5, 0.6) is 0 Å². The lowest BCUT2D eigenvalue weighted by atomic mass is 10.2. The lowest BCUT2D eigenvalue weighted by molar-refractivity contribution is 0.0522. The van der Waals surface area contributed by atoms with E-state index in [1.165, 1.54) is 11.3 Å². The summed E-state index contributed by atoms with van der Waals surface area (Å²) < 4.78 is 0.916. The fourth-order valence-corrected chi connectivity index (χ4v) is 3.32. The number of carbonyl (C=O) groups excluding carboxylic acids is 1. The van der Waals surface area contributed by atoms with E-state index in [-0.39, 0.29) is 5.84 Å². The van der Waals surface area contributed by atoms with Gasteiger partial charge in [0.2, 0.25) is 0 Å². The Morgan fingerprint density at radius 3 is 2.50 bits per heavy atom. The van der Waals surface area contributed by atoms with E-state index in [9.17, 15) is 4.79 Å². The molecule has 2 aromatic carbocycles. The minimum atomic E-state index is -0.620. The molecule has 0 atom stereocenters. The number of benzene rings is 2. The van der Waals surface area contributed by atoms with E-state index in [4.69, 9.17) is 22.2 Å². The SMILES string of the molecule is N/C(=N\OC(=O)c1sc2ccccc2c1Cl)c1ccccc1. The van der Waals surface area contributed by atoms with Crippen molar-refractivity contribution in [2.24, 2.45) is 10.9 Å². The first-order valence-electron chi connectivity index (χ1n) is 6.44. The summed E-state index contributed by atoms with van der Waals surface area (Å²) in [6.07, 6.45) is 0. The van der Waals surface area contributed by atoms with Crippen molar-refractivity contribution in [1.29, 1.82) is 0 Å². The van der Waals surface area contributed by atoms with Crippen LogP contribution in [0.3, 0.4) is 0 Å². The number of carbonyl (C=O) groups is 1. The fraction of sp³-hybridized carbons (Fsp3) is 0. The lowest BCUT2D eigenvalue weighted by Crippen LogP contribution is -2.14. The van der Waals surface area contributed by atoms with Crippen molar-refractivity contribution in [2.75, 3.05) is 0 Å². The highest BCUT2D eigenvalue weighted by Crippen LogP contribution is 2.35. The van der Waals surface area contributed by atoms with Gasteiger partial charge in [-0.15, -0.1) is 11.3 Å². The summed E-state index contributed by atoms with van der Waals surface area (Å²) in [6.45, 7) is 0. The van der Waals surface area contributed by atoms with Crippen molar-refractivity contribution in [1.82, 2.24) is 0 Å². The normalized spacial score (nSPS) is 11.6. The van der Waals surface area contributed by atoms with Crippen LogP contribution in [0.25, 0.3) is 10.1 Å². The van der Waals surface area contributed by atoms with Crippen molar-refractivity contribution in [3.63, 3.8) is 0 Å². The highest BCUT2D eigenvalue weighted by molar-refractivity contribution is 7.21. The number of hydrogen-bond acceptors (Lipinski definition) is 4. The van der Waals surface area contributed by atoms with E-state index in [0.29, 0.717) is 15.5 Å². The third-order valence-electron chi connectivity index (χ3n) is 3.02. The lowest BCUT2D eigenvalue weighted by Gasteiger charge is -2.00. The number of oxime groups is 1. The van der Waals surface area contributed by atoms with E-state index < -0.39 is 5.97 Å². The predicted molar refractivity (Wildman–Crippen MR) is 89.4 cm³/mol. The molecule has 0 aliphatic carbocycles. The average Bonchev–Trinajstić information content (AvgIpc) is 2.90. The Kier molecular flexibility index (Phi) is 4.09. The van der Waals surface area contributed by atoms with Gasteiger partial charge < -0.3 is 10.6 Å².